The van der Waals surface area contributed by atoms with Gasteiger partial charge in [-0.1, -0.05) is 26.8 Å². The van der Waals surface area contributed by atoms with E-state index in [1.165, 1.54) is 36.8 Å². The first-order chi connectivity index (χ1) is 9.46. The molecule has 0 heterocycles. The summed E-state index contributed by atoms with van der Waals surface area (Å²) in [5.41, 5.74) is 4.96. The van der Waals surface area contributed by atoms with Crippen LogP contribution in [-0.2, 0) is 6.42 Å². The zero-order valence-electron chi connectivity index (χ0n) is 13.6. The molecule has 2 aliphatic rings. The van der Waals surface area contributed by atoms with Crippen LogP contribution in [0.1, 0.15) is 62.6 Å². The van der Waals surface area contributed by atoms with Gasteiger partial charge in [0.2, 0.25) is 0 Å². The van der Waals surface area contributed by atoms with E-state index >= 15 is 0 Å². The Labute approximate surface area is 123 Å². The van der Waals surface area contributed by atoms with Crippen molar-refractivity contribution in [3.8, 4) is 5.75 Å². The predicted molar refractivity (Wildman–Crippen MR) is 84.5 cm³/mol. The summed E-state index contributed by atoms with van der Waals surface area (Å²) in [6.07, 6.45) is 5.31. The van der Waals surface area contributed by atoms with Crippen LogP contribution in [0.25, 0.3) is 0 Å². The molecule has 0 aliphatic heterocycles. The van der Waals surface area contributed by atoms with Crippen molar-refractivity contribution in [2.75, 3.05) is 7.11 Å². The van der Waals surface area contributed by atoms with Crippen LogP contribution in [0.15, 0.2) is 12.1 Å². The second-order valence-corrected chi connectivity index (χ2v) is 7.61. The molecule has 1 fully saturated rings. The molecule has 0 radical (unpaired) electrons. The lowest BCUT2D eigenvalue weighted by Crippen LogP contribution is -2.31. The fourth-order valence-corrected chi connectivity index (χ4v) is 4.89. The van der Waals surface area contributed by atoms with Crippen molar-refractivity contribution in [2.24, 2.45) is 17.3 Å². The lowest BCUT2D eigenvalue weighted by atomic mass is 9.63. The SMILES string of the molecule is COc1cc(C)cc2c1CC[C@]1(C)CC[C@H](C(C)C)[C@H]21. The molecule has 0 bridgehead atoms. The minimum atomic E-state index is 0.515. The first kappa shape index (κ1) is 14.0. The molecular weight excluding hydrogens is 244 g/mol. The normalized spacial score (nSPS) is 32.1. The zero-order chi connectivity index (χ0) is 14.5. The van der Waals surface area contributed by atoms with Gasteiger partial charge in [-0.05, 0) is 78.5 Å². The third kappa shape index (κ3) is 1.98. The number of ether oxygens (including phenoxy) is 1. The Morgan fingerprint density at radius 2 is 2.00 bits per heavy atom. The minimum absolute atomic E-state index is 0.515. The molecule has 1 saturated carbocycles. The van der Waals surface area contributed by atoms with Crippen LogP contribution in [-0.4, -0.2) is 7.11 Å². The van der Waals surface area contributed by atoms with E-state index in [0.29, 0.717) is 5.41 Å². The van der Waals surface area contributed by atoms with Crippen LogP contribution < -0.4 is 4.74 Å². The molecule has 0 saturated heterocycles. The summed E-state index contributed by atoms with van der Waals surface area (Å²) in [5, 5.41) is 0. The van der Waals surface area contributed by atoms with E-state index in [1.54, 1.807) is 5.56 Å². The van der Waals surface area contributed by atoms with Crippen molar-refractivity contribution in [3.05, 3.63) is 28.8 Å². The summed E-state index contributed by atoms with van der Waals surface area (Å²) in [6.45, 7) is 9.53. The average molecular weight is 272 g/mol. The lowest BCUT2D eigenvalue weighted by Gasteiger charge is -2.41. The van der Waals surface area contributed by atoms with E-state index in [0.717, 1.165) is 23.5 Å². The topological polar surface area (TPSA) is 9.23 Å². The molecule has 2 aliphatic carbocycles. The highest BCUT2D eigenvalue weighted by atomic mass is 16.5. The van der Waals surface area contributed by atoms with Gasteiger partial charge in [0.25, 0.3) is 0 Å². The monoisotopic (exact) mass is 272 g/mol. The highest BCUT2D eigenvalue weighted by molar-refractivity contribution is 5.48. The molecule has 110 valence electrons. The fourth-order valence-electron chi connectivity index (χ4n) is 4.89. The predicted octanol–water partition coefficient (Wildman–Crippen LogP) is 5.11. The van der Waals surface area contributed by atoms with E-state index in [1.807, 2.05) is 7.11 Å². The quantitative estimate of drug-likeness (QED) is 0.727. The summed E-state index contributed by atoms with van der Waals surface area (Å²) in [4.78, 5) is 0. The van der Waals surface area contributed by atoms with Gasteiger partial charge < -0.3 is 4.74 Å². The summed E-state index contributed by atoms with van der Waals surface area (Å²) >= 11 is 0. The first-order valence-corrected chi connectivity index (χ1v) is 8.13. The van der Waals surface area contributed by atoms with Crippen LogP contribution in [0, 0.1) is 24.2 Å². The van der Waals surface area contributed by atoms with Gasteiger partial charge >= 0.3 is 0 Å². The molecule has 0 unspecified atom stereocenters. The van der Waals surface area contributed by atoms with Gasteiger partial charge in [0.05, 0.1) is 7.11 Å². The fraction of sp³-hybridized carbons (Fsp3) is 0.684. The smallest absolute Gasteiger partial charge is 0.122 e. The Hall–Kier alpha value is -0.980. The van der Waals surface area contributed by atoms with Crippen LogP contribution in [0.2, 0.25) is 0 Å². The maximum Gasteiger partial charge on any atom is 0.122 e. The van der Waals surface area contributed by atoms with Gasteiger partial charge in [-0.25, -0.2) is 0 Å². The van der Waals surface area contributed by atoms with E-state index in [9.17, 15) is 0 Å². The molecule has 0 spiro atoms. The third-order valence-electron chi connectivity index (χ3n) is 5.97. The Morgan fingerprint density at radius 3 is 2.65 bits per heavy atom. The number of hydrogen-bond acceptors (Lipinski definition) is 1. The van der Waals surface area contributed by atoms with Crippen molar-refractivity contribution in [1.82, 2.24) is 0 Å². The number of hydrogen-bond donors (Lipinski definition) is 0. The highest BCUT2D eigenvalue weighted by Gasteiger charge is 2.49. The standard InChI is InChI=1S/C19H28O/c1-12(2)14-6-8-19(4)9-7-15-16(18(14)19)10-13(3)11-17(15)20-5/h10-12,14,18H,6-9H2,1-5H3/t14-,18-,19+/m1/s1. The van der Waals surface area contributed by atoms with Gasteiger partial charge in [-0.15, -0.1) is 0 Å². The number of methoxy groups -OCH3 is 1. The molecule has 3 atom stereocenters. The van der Waals surface area contributed by atoms with E-state index in [-0.39, 0.29) is 0 Å². The highest BCUT2D eigenvalue weighted by Crippen LogP contribution is 2.60. The second kappa shape index (κ2) is 4.79. The lowest BCUT2D eigenvalue weighted by molar-refractivity contribution is 0.207. The van der Waals surface area contributed by atoms with Crippen molar-refractivity contribution < 1.29 is 4.74 Å². The molecule has 1 aromatic carbocycles. The summed E-state index contributed by atoms with van der Waals surface area (Å²) < 4.78 is 5.67. The van der Waals surface area contributed by atoms with Crippen LogP contribution in [0.4, 0.5) is 0 Å². The van der Waals surface area contributed by atoms with Gasteiger partial charge in [0.15, 0.2) is 0 Å². The van der Waals surface area contributed by atoms with Gasteiger partial charge in [-0.2, -0.15) is 0 Å². The van der Waals surface area contributed by atoms with Crippen molar-refractivity contribution in [2.45, 2.75) is 59.3 Å². The Bertz CT molecular complexity index is 517. The molecule has 0 amide bonds. The molecule has 1 heteroatoms. The van der Waals surface area contributed by atoms with Crippen LogP contribution in [0.5, 0.6) is 5.75 Å². The summed E-state index contributed by atoms with van der Waals surface area (Å²) in [6, 6.07) is 4.65. The van der Waals surface area contributed by atoms with E-state index in [2.05, 4.69) is 39.8 Å². The molecule has 1 aromatic rings. The number of benzene rings is 1. The van der Waals surface area contributed by atoms with Gasteiger partial charge in [-0.3, -0.25) is 0 Å². The Morgan fingerprint density at radius 1 is 1.25 bits per heavy atom. The maximum absolute atomic E-state index is 5.67. The van der Waals surface area contributed by atoms with Gasteiger partial charge in [0, 0.05) is 0 Å². The zero-order valence-corrected chi connectivity index (χ0v) is 13.6. The largest absolute Gasteiger partial charge is 0.496 e. The Kier molecular flexibility index (Phi) is 3.35. The maximum atomic E-state index is 5.67. The average Bonchev–Trinajstić information content (AvgIpc) is 2.75. The minimum Gasteiger partial charge on any atom is -0.496 e. The molecule has 3 rings (SSSR count). The number of aryl methyl sites for hydroxylation is 1. The number of fused-ring (bicyclic) bond motifs is 3. The first-order valence-electron chi connectivity index (χ1n) is 8.13. The van der Waals surface area contributed by atoms with Crippen molar-refractivity contribution in [3.63, 3.8) is 0 Å². The molecule has 0 N–H and O–H groups in total. The molecule has 20 heavy (non-hydrogen) atoms. The summed E-state index contributed by atoms with van der Waals surface area (Å²) in [5.74, 6) is 3.47. The Balaban J connectivity index is 2.14. The molecular formula is C19H28O. The van der Waals surface area contributed by atoms with E-state index in [4.69, 9.17) is 4.74 Å². The van der Waals surface area contributed by atoms with E-state index < -0.39 is 0 Å². The van der Waals surface area contributed by atoms with Crippen LogP contribution >= 0.6 is 0 Å². The second-order valence-electron chi connectivity index (χ2n) is 7.61. The number of rotatable bonds is 2. The van der Waals surface area contributed by atoms with Gasteiger partial charge in [0.1, 0.15) is 5.75 Å². The van der Waals surface area contributed by atoms with Crippen LogP contribution in [0.3, 0.4) is 0 Å². The summed E-state index contributed by atoms with van der Waals surface area (Å²) in [7, 11) is 1.82. The van der Waals surface area contributed by atoms with Crippen molar-refractivity contribution >= 4 is 0 Å². The third-order valence-corrected chi connectivity index (χ3v) is 5.97. The van der Waals surface area contributed by atoms with Crippen molar-refractivity contribution in [1.29, 1.82) is 0 Å². The molecule has 1 nitrogen and oxygen atoms in total. The molecule has 0 aromatic heterocycles.